The maximum atomic E-state index is 9.91. The monoisotopic (exact) mass is 285 g/mol. The maximum Gasteiger partial charge on any atom is 0.179 e. The van der Waals surface area contributed by atoms with Gasteiger partial charge in [-0.1, -0.05) is 12.2 Å². The van der Waals surface area contributed by atoms with Crippen molar-refractivity contribution in [1.29, 1.82) is 0 Å². The molecule has 0 spiro atoms. The van der Waals surface area contributed by atoms with Crippen LogP contribution in [0, 0.1) is 0 Å². The molecule has 86 valence electrons. The van der Waals surface area contributed by atoms with Gasteiger partial charge in [0.25, 0.3) is 0 Å². The number of rotatable bonds is 2. The predicted octanol–water partition coefficient (Wildman–Crippen LogP) is 1.90. The average molecular weight is 286 g/mol. The third-order valence-electron chi connectivity index (χ3n) is 2.21. The second-order valence-corrected chi connectivity index (χ2v) is 4.08. The second-order valence-electron chi connectivity index (χ2n) is 3.29. The lowest BCUT2D eigenvalue weighted by Crippen LogP contribution is -2.15. The molecular formula is C11H12BrNO3. The highest BCUT2D eigenvalue weighted by Gasteiger charge is 2.20. The van der Waals surface area contributed by atoms with E-state index in [0.717, 1.165) is 0 Å². The number of ether oxygens (including phenoxy) is 2. The average Bonchev–Trinajstić information content (AvgIpc) is 2.32. The number of hydrogen-bond acceptors (Lipinski definition) is 4. The van der Waals surface area contributed by atoms with Crippen LogP contribution in [0.25, 0.3) is 6.08 Å². The molecule has 1 aliphatic heterocycles. The van der Waals surface area contributed by atoms with Crippen LogP contribution in [0.4, 0.5) is 0 Å². The fraction of sp³-hybridized carbons (Fsp3) is 0.273. The van der Waals surface area contributed by atoms with Gasteiger partial charge in [0.2, 0.25) is 0 Å². The smallest absolute Gasteiger partial charge is 0.179 e. The molecule has 5 heteroatoms. The largest absolute Gasteiger partial charge is 0.506 e. The molecular weight excluding hydrogens is 274 g/mol. The molecule has 1 aromatic rings. The number of nitrogens with two attached hydrogens (primary N) is 1. The highest BCUT2D eigenvalue weighted by atomic mass is 79.9. The normalized spacial score (nSPS) is 14.4. The zero-order chi connectivity index (χ0) is 11.5. The van der Waals surface area contributed by atoms with Gasteiger partial charge in [0.15, 0.2) is 11.5 Å². The molecule has 1 heterocycles. The molecule has 16 heavy (non-hydrogen) atoms. The Kier molecular flexibility index (Phi) is 3.36. The van der Waals surface area contributed by atoms with Crippen LogP contribution in [-0.2, 0) is 0 Å². The Morgan fingerprint density at radius 3 is 2.94 bits per heavy atom. The van der Waals surface area contributed by atoms with E-state index in [-0.39, 0.29) is 5.75 Å². The Hall–Kier alpha value is -1.20. The van der Waals surface area contributed by atoms with Gasteiger partial charge >= 0.3 is 0 Å². The topological polar surface area (TPSA) is 64.7 Å². The first-order valence-electron chi connectivity index (χ1n) is 4.91. The maximum absolute atomic E-state index is 9.91. The highest BCUT2D eigenvalue weighted by Crippen LogP contribution is 2.45. The molecule has 0 saturated heterocycles. The molecule has 2 rings (SSSR count). The minimum Gasteiger partial charge on any atom is -0.506 e. The molecule has 0 fully saturated rings. The van der Waals surface area contributed by atoms with Gasteiger partial charge in [0, 0.05) is 12.1 Å². The summed E-state index contributed by atoms with van der Waals surface area (Å²) in [5.41, 5.74) is 6.02. The Labute approximate surface area is 102 Å². The van der Waals surface area contributed by atoms with Gasteiger partial charge in [0.1, 0.15) is 23.4 Å². The number of halogens is 1. The van der Waals surface area contributed by atoms with E-state index in [0.29, 0.717) is 41.3 Å². The van der Waals surface area contributed by atoms with E-state index in [2.05, 4.69) is 15.9 Å². The van der Waals surface area contributed by atoms with Crippen LogP contribution in [0.3, 0.4) is 0 Å². The van der Waals surface area contributed by atoms with Crippen molar-refractivity contribution in [3.63, 3.8) is 0 Å². The number of fused-ring (bicyclic) bond motifs is 1. The van der Waals surface area contributed by atoms with Crippen molar-refractivity contribution in [2.24, 2.45) is 5.73 Å². The summed E-state index contributed by atoms with van der Waals surface area (Å²) in [7, 11) is 0. The summed E-state index contributed by atoms with van der Waals surface area (Å²) < 4.78 is 11.4. The quantitative estimate of drug-likeness (QED) is 0.871. The van der Waals surface area contributed by atoms with E-state index in [1.807, 2.05) is 0 Å². The summed E-state index contributed by atoms with van der Waals surface area (Å²) in [6.45, 7) is 1.43. The highest BCUT2D eigenvalue weighted by molar-refractivity contribution is 9.10. The van der Waals surface area contributed by atoms with Crippen LogP contribution in [0.15, 0.2) is 16.6 Å². The van der Waals surface area contributed by atoms with Crippen LogP contribution in [0.2, 0.25) is 0 Å². The number of benzene rings is 1. The van der Waals surface area contributed by atoms with E-state index >= 15 is 0 Å². The lowest BCUT2D eigenvalue weighted by Gasteiger charge is -2.20. The fourth-order valence-electron chi connectivity index (χ4n) is 1.48. The Morgan fingerprint density at radius 1 is 1.44 bits per heavy atom. The van der Waals surface area contributed by atoms with E-state index < -0.39 is 0 Å². The van der Waals surface area contributed by atoms with Gasteiger partial charge in [-0.3, -0.25) is 0 Å². The zero-order valence-electron chi connectivity index (χ0n) is 8.57. The molecule has 1 aliphatic rings. The second kappa shape index (κ2) is 4.76. The van der Waals surface area contributed by atoms with Crippen molar-refractivity contribution >= 4 is 22.0 Å². The lowest BCUT2D eigenvalue weighted by molar-refractivity contribution is 0.169. The number of hydrogen-bond donors (Lipinski definition) is 2. The van der Waals surface area contributed by atoms with E-state index in [1.54, 1.807) is 18.2 Å². The minimum atomic E-state index is 0.133. The summed E-state index contributed by atoms with van der Waals surface area (Å²) >= 11 is 3.29. The Balaban J connectivity index is 2.48. The van der Waals surface area contributed by atoms with E-state index in [4.69, 9.17) is 15.2 Å². The summed E-state index contributed by atoms with van der Waals surface area (Å²) in [4.78, 5) is 0. The SMILES string of the molecule is NC/C=C/c1cc2c(c(Br)c1O)OCCO2. The summed E-state index contributed by atoms with van der Waals surface area (Å²) in [5, 5.41) is 9.91. The first-order valence-corrected chi connectivity index (χ1v) is 5.71. The molecule has 0 saturated carbocycles. The van der Waals surface area contributed by atoms with Crippen molar-refractivity contribution < 1.29 is 14.6 Å². The number of phenols is 1. The third-order valence-corrected chi connectivity index (χ3v) is 2.95. The van der Waals surface area contributed by atoms with Crippen LogP contribution >= 0.6 is 15.9 Å². The van der Waals surface area contributed by atoms with Crippen molar-refractivity contribution in [2.45, 2.75) is 0 Å². The van der Waals surface area contributed by atoms with Crippen LogP contribution < -0.4 is 15.2 Å². The van der Waals surface area contributed by atoms with Gasteiger partial charge in [-0.05, 0) is 22.0 Å². The van der Waals surface area contributed by atoms with Gasteiger partial charge in [-0.25, -0.2) is 0 Å². The van der Waals surface area contributed by atoms with Crippen LogP contribution in [0.5, 0.6) is 17.2 Å². The summed E-state index contributed by atoms with van der Waals surface area (Å²) in [6.07, 6.45) is 3.51. The summed E-state index contributed by atoms with van der Waals surface area (Å²) in [5.74, 6) is 1.31. The molecule has 4 nitrogen and oxygen atoms in total. The van der Waals surface area contributed by atoms with Crippen molar-refractivity contribution in [3.05, 3.63) is 22.2 Å². The molecule has 0 bridgehead atoms. The molecule has 0 radical (unpaired) electrons. The van der Waals surface area contributed by atoms with Crippen LogP contribution in [0.1, 0.15) is 5.56 Å². The predicted molar refractivity (Wildman–Crippen MR) is 64.9 cm³/mol. The Bertz CT molecular complexity index is 432. The first kappa shape index (κ1) is 11.3. The summed E-state index contributed by atoms with van der Waals surface area (Å²) in [6, 6.07) is 1.74. The number of phenolic OH excluding ortho intramolecular Hbond substituents is 1. The zero-order valence-corrected chi connectivity index (χ0v) is 10.2. The van der Waals surface area contributed by atoms with Gasteiger partial charge < -0.3 is 20.3 Å². The Morgan fingerprint density at radius 2 is 2.19 bits per heavy atom. The minimum absolute atomic E-state index is 0.133. The molecule has 1 aromatic carbocycles. The van der Waals surface area contributed by atoms with Crippen molar-refractivity contribution in [1.82, 2.24) is 0 Å². The van der Waals surface area contributed by atoms with E-state index in [9.17, 15) is 5.11 Å². The standard InChI is InChI=1S/C11H12BrNO3/c12-9-10(14)7(2-1-3-13)6-8-11(9)16-5-4-15-8/h1-2,6,14H,3-5,13H2/b2-1+. The molecule has 0 aromatic heterocycles. The van der Waals surface area contributed by atoms with Crippen molar-refractivity contribution in [3.8, 4) is 17.2 Å². The lowest BCUT2D eigenvalue weighted by atomic mass is 10.1. The molecule has 0 unspecified atom stereocenters. The first-order chi connectivity index (χ1) is 7.74. The van der Waals surface area contributed by atoms with Gasteiger partial charge in [0.05, 0.1) is 0 Å². The molecule has 0 amide bonds. The molecule has 3 N–H and O–H groups in total. The third kappa shape index (κ3) is 2.01. The molecule has 0 aliphatic carbocycles. The van der Waals surface area contributed by atoms with E-state index in [1.165, 1.54) is 0 Å². The van der Waals surface area contributed by atoms with Crippen LogP contribution in [-0.4, -0.2) is 24.9 Å². The molecule has 0 atom stereocenters. The van der Waals surface area contributed by atoms with Crippen molar-refractivity contribution in [2.75, 3.05) is 19.8 Å². The fourth-order valence-corrected chi connectivity index (χ4v) is 2.02. The van der Waals surface area contributed by atoms with Gasteiger partial charge in [-0.15, -0.1) is 0 Å². The van der Waals surface area contributed by atoms with Gasteiger partial charge in [-0.2, -0.15) is 0 Å². The number of aromatic hydroxyl groups is 1.